The number of aryl methyl sites for hydroxylation is 2. The summed E-state index contributed by atoms with van der Waals surface area (Å²) in [5.41, 5.74) is 4.95. The van der Waals surface area contributed by atoms with Crippen LogP contribution in [0.4, 0.5) is 27.3 Å². The summed E-state index contributed by atoms with van der Waals surface area (Å²) in [6.07, 6.45) is 3.13. The molecule has 2 amide bonds. The van der Waals surface area contributed by atoms with Crippen LogP contribution in [0.15, 0.2) is 48.9 Å². The van der Waals surface area contributed by atoms with Crippen molar-refractivity contribution in [3.8, 4) is 0 Å². The number of carbonyl (C=O) groups is 2. The second kappa shape index (κ2) is 13.6. The first kappa shape index (κ1) is 30.4. The maximum atomic E-state index is 14.5. The Morgan fingerprint density at radius 1 is 0.956 bits per heavy atom. The van der Waals surface area contributed by atoms with E-state index in [2.05, 4.69) is 30.9 Å². The summed E-state index contributed by atoms with van der Waals surface area (Å²) in [6.45, 7) is 10.6. The molecule has 4 aromatic rings. The van der Waals surface area contributed by atoms with E-state index in [4.69, 9.17) is 9.47 Å². The van der Waals surface area contributed by atoms with E-state index in [0.29, 0.717) is 80.0 Å². The van der Waals surface area contributed by atoms with Gasteiger partial charge in [0.25, 0.3) is 11.8 Å². The van der Waals surface area contributed by atoms with Gasteiger partial charge in [-0.3, -0.25) is 14.5 Å². The van der Waals surface area contributed by atoms with Crippen molar-refractivity contribution in [3.63, 3.8) is 0 Å². The zero-order chi connectivity index (χ0) is 31.3. The fourth-order valence-corrected chi connectivity index (χ4v) is 5.60. The second-order valence-electron chi connectivity index (χ2n) is 11.2. The van der Waals surface area contributed by atoms with Gasteiger partial charge in [0.2, 0.25) is 0 Å². The quantitative estimate of drug-likeness (QED) is 0.260. The number of morpholine rings is 2. The Balaban J connectivity index is 1.17. The van der Waals surface area contributed by atoms with Crippen LogP contribution in [-0.4, -0.2) is 97.0 Å². The molecular formula is C32H37FN8O4. The normalized spacial score (nSPS) is 15.7. The van der Waals surface area contributed by atoms with E-state index in [9.17, 15) is 14.0 Å². The lowest BCUT2D eigenvalue weighted by Crippen LogP contribution is -2.41. The zero-order valence-corrected chi connectivity index (χ0v) is 25.4. The molecule has 0 bridgehead atoms. The number of hydrogen-bond acceptors (Lipinski definition) is 9. The van der Waals surface area contributed by atoms with Gasteiger partial charge >= 0.3 is 0 Å². The number of benzene rings is 2. The maximum Gasteiger partial charge on any atom is 0.255 e. The molecule has 0 unspecified atom stereocenters. The van der Waals surface area contributed by atoms with E-state index in [1.165, 1.54) is 18.5 Å². The van der Waals surface area contributed by atoms with Crippen LogP contribution in [-0.2, 0) is 9.47 Å². The summed E-state index contributed by atoms with van der Waals surface area (Å²) in [6, 6.07) is 9.82. The molecule has 4 heterocycles. The Labute approximate surface area is 260 Å². The second-order valence-corrected chi connectivity index (χ2v) is 11.2. The Hall–Kier alpha value is -4.59. The number of aromatic nitrogens is 3. The van der Waals surface area contributed by atoms with Crippen LogP contribution in [0.2, 0.25) is 0 Å². The van der Waals surface area contributed by atoms with E-state index in [0.717, 1.165) is 30.8 Å². The average molecular weight is 617 g/mol. The van der Waals surface area contributed by atoms with Crippen molar-refractivity contribution < 1.29 is 23.5 Å². The first-order valence-electron chi connectivity index (χ1n) is 15.1. The summed E-state index contributed by atoms with van der Waals surface area (Å²) in [7, 11) is 0. The van der Waals surface area contributed by atoms with Crippen LogP contribution in [0, 0.1) is 19.7 Å². The Kier molecular flexibility index (Phi) is 9.19. The minimum Gasteiger partial charge on any atom is -0.379 e. The van der Waals surface area contributed by atoms with Gasteiger partial charge in [-0.1, -0.05) is 6.07 Å². The summed E-state index contributed by atoms with van der Waals surface area (Å²) in [5.74, 6) is -0.556. The molecule has 13 heteroatoms. The smallest absolute Gasteiger partial charge is 0.255 e. The van der Waals surface area contributed by atoms with Gasteiger partial charge in [-0.05, 0) is 55.3 Å². The highest BCUT2D eigenvalue weighted by Crippen LogP contribution is 2.29. The topological polar surface area (TPSA) is 125 Å². The van der Waals surface area contributed by atoms with Crippen molar-refractivity contribution in [2.75, 3.05) is 81.2 Å². The predicted octanol–water partition coefficient (Wildman–Crippen LogP) is 3.38. The van der Waals surface area contributed by atoms with Gasteiger partial charge in [-0.15, -0.1) is 0 Å². The van der Waals surface area contributed by atoms with E-state index in [-0.39, 0.29) is 11.5 Å². The van der Waals surface area contributed by atoms with Gasteiger partial charge in [-0.25, -0.2) is 13.9 Å². The summed E-state index contributed by atoms with van der Waals surface area (Å²) in [5, 5.41) is 13.6. The third-order valence-corrected chi connectivity index (χ3v) is 8.16. The molecule has 2 aromatic carbocycles. The lowest BCUT2D eigenvalue weighted by molar-refractivity contribution is 0.0383. The third kappa shape index (κ3) is 7.06. The molecule has 12 nitrogen and oxygen atoms in total. The van der Waals surface area contributed by atoms with E-state index in [1.54, 1.807) is 28.9 Å². The van der Waals surface area contributed by atoms with E-state index in [1.807, 2.05) is 24.8 Å². The number of halogens is 1. The van der Waals surface area contributed by atoms with Crippen LogP contribution >= 0.6 is 0 Å². The Bertz CT molecular complexity index is 1700. The molecule has 0 atom stereocenters. The van der Waals surface area contributed by atoms with Crippen LogP contribution in [0.25, 0.3) is 5.52 Å². The van der Waals surface area contributed by atoms with Gasteiger partial charge in [0.15, 0.2) is 5.82 Å². The standard InChI is InChI=1S/C32H37FN8O4/c1-21-3-4-25(37-31(42)23-15-24(33)17-26(16-23)40-9-13-45-14-10-40)18-28(21)38-30-29-22(2)27(19-41(29)36-20-35-30)32(43)34-5-6-39-7-11-44-12-8-39/h3-4,15-20H,5-14H2,1-2H3,(H,34,43)(H,37,42)(H,35,36,38). The molecule has 0 aliphatic carbocycles. The number of rotatable bonds is 9. The molecule has 3 N–H and O–H groups in total. The Morgan fingerprint density at radius 2 is 1.71 bits per heavy atom. The summed E-state index contributed by atoms with van der Waals surface area (Å²) >= 11 is 0. The van der Waals surface area contributed by atoms with Crippen molar-refractivity contribution in [1.29, 1.82) is 0 Å². The van der Waals surface area contributed by atoms with Gasteiger partial charge < -0.3 is 30.3 Å². The fourth-order valence-electron chi connectivity index (χ4n) is 5.60. The van der Waals surface area contributed by atoms with E-state index >= 15 is 0 Å². The molecule has 0 saturated carbocycles. The number of nitrogens with one attached hydrogen (secondary N) is 3. The largest absolute Gasteiger partial charge is 0.379 e. The summed E-state index contributed by atoms with van der Waals surface area (Å²) in [4.78, 5) is 35.0. The summed E-state index contributed by atoms with van der Waals surface area (Å²) < 4.78 is 26.9. The maximum absolute atomic E-state index is 14.5. The third-order valence-electron chi connectivity index (χ3n) is 8.16. The minimum atomic E-state index is -0.476. The average Bonchev–Trinajstić information content (AvgIpc) is 3.40. The van der Waals surface area contributed by atoms with Gasteiger partial charge in [0, 0.05) is 68.1 Å². The number of anilines is 4. The molecule has 0 radical (unpaired) electrons. The molecule has 2 aromatic heterocycles. The zero-order valence-electron chi connectivity index (χ0n) is 25.4. The predicted molar refractivity (Wildman–Crippen MR) is 169 cm³/mol. The first-order chi connectivity index (χ1) is 21.9. The molecule has 0 spiro atoms. The lowest BCUT2D eigenvalue weighted by Gasteiger charge is -2.29. The highest BCUT2D eigenvalue weighted by molar-refractivity contribution is 6.05. The molecule has 45 heavy (non-hydrogen) atoms. The van der Waals surface area contributed by atoms with Crippen molar-refractivity contribution in [2.24, 2.45) is 0 Å². The lowest BCUT2D eigenvalue weighted by atomic mass is 10.1. The van der Waals surface area contributed by atoms with Gasteiger partial charge in [0.05, 0.1) is 32.0 Å². The minimum absolute atomic E-state index is 0.174. The number of hydrogen-bond donors (Lipinski definition) is 3. The number of ether oxygens (including phenoxy) is 2. The molecular weight excluding hydrogens is 579 g/mol. The van der Waals surface area contributed by atoms with Crippen LogP contribution in [0.5, 0.6) is 0 Å². The van der Waals surface area contributed by atoms with Crippen molar-refractivity contribution in [3.05, 3.63) is 77.0 Å². The number of fused-ring (bicyclic) bond motifs is 1. The molecule has 2 saturated heterocycles. The molecule has 2 aliphatic heterocycles. The molecule has 2 fully saturated rings. The van der Waals surface area contributed by atoms with E-state index < -0.39 is 11.7 Å². The van der Waals surface area contributed by atoms with Gasteiger partial charge in [-0.2, -0.15) is 5.10 Å². The monoisotopic (exact) mass is 616 g/mol. The van der Waals surface area contributed by atoms with Crippen molar-refractivity contribution in [1.82, 2.24) is 24.8 Å². The fraction of sp³-hybridized carbons (Fsp3) is 0.375. The molecule has 6 rings (SSSR count). The van der Waals surface area contributed by atoms with Crippen molar-refractivity contribution >= 4 is 40.2 Å². The first-order valence-corrected chi connectivity index (χ1v) is 15.1. The Morgan fingerprint density at radius 3 is 2.49 bits per heavy atom. The molecule has 2 aliphatic rings. The SMILES string of the molecule is Cc1ccc(NC(=O)c2cc(F)cc(N3CCOCC3)c2)cc1Nc1ncnn2cc(C(=O)NCCN3CCOCC3)c(C)c12. The van der Waals surface area contributed by atoms with Crippen LogP contribution in [0.3, 0.4) is 0 Å². The van der Waals surface area contributed by atoms with Crippen LogP contribution < -0.4 is 20.9 Å². The number of amides is 2. The highest BCUT2D eigenvalue weighted by atomic mass is 19.1. The van der Waals surface area contributed by atoms with Crippen molar-refractivity contribution in [2.45, 2.75) is 13.8 Å². The molecule has 236 valence electrons. The number of nitrogens with zero attached hydrogens (tertiary/aromatic N) is 5. The highest BCUT2D eigenvalue weighted by Gasteiger charge is 2.20. The number of carbonyl (C=O) groups excluding carboxylic acids is 2. The van der Waals surface area contributed by atoms with Gasteiger partial charge in [0.1, 0.15) is 17.7 Å². The van der Waals surface area contributed by atoms with Crippen LogP contribution in [0.1, 0.15) is 31.8 Å².